The molecule has 1 fully saturated rings. The predicted octanol–water partition coefficient (Wildman–Crippen LogP) is 3.34. The van der Waals surface area contributed by atoms with Crippen LogP contribution in [0.2, 0.25) is 0 Å². The first-order valence-electron chi connectivity index (χ1n) is 5.07. The van der Waals surface area contributed by atoms with Gasteiger partial charge in [0.25, 0.3) is 0 Å². The van der Waals surface area contributed by atoms with Crippen molar-refractivity contribution in [3.63, 3.8) is 0 Å². The minimum Gasteiger partial charge on any atom is -0.490 e. The minimum atomic E-state index is 0.504. The fourth-order valence-corrected chi connectivity index (χ4v) is 2.93. The summed E-state index contributed by atoms with van der Waals surface area (Å²) in [4.78, 5) is 0. The lowest BCUT2D eigenvalue weighted by Crippen LogP contribution is -2.28. The molecule has 1 N–H and O–H groups in total. The van der Waals surface area contributed by atoms with Crippen molar-refractivity contribution in [1.29, 1.82) is 0 Å². The average molecular weight is 335 g/mol. The van der Waals surface area contributed by atoms with Gasteiger partial charge in [0, 0.05) is 6.04 Å². The van der Waals surface area contributed by atoms with Gasteiger partial charge >= 0.3 is 0 Å². The van der Waals surface area contributed by atoms with Gasteiger partial charge in [-0.25, -0.2) is 0 Å². The Labute approximate surface area is 107 Å². The zero-order valence-corrected chi connectivity index (χ0v) is 11.5. The number of halogens is 2. The van der Waals surface area contributed by atoms with Crippen molar-refractivity contribution >= 4 is 31.9 Å². The molecule has 1 aromatic rings. The molecule has 2 rings (SSSR count). The van der Waals surface area contributed by atoms with Gasteiger partial charge in [0.1, 0.15) is 12.4 Å². The van der Waals surface area contributed by atoms with E-state index in [9.17, 15) is 0 Å². The van der Waals surface area contributed by atoms with E-state index in [2.05, 4.69) is 37.2 Å². The van der Waals surface area contributed by atoms with Crippen LogP contribution in [0.5, 0.6) is 5.75 Å². The van der Waals surface area contributed by atoms with E-state index in [0.717, 1.165) is 27.8 Å². The second kappa shape index (κ2) is 5.32. The summed E-state index contributed by atoms with van der Waals surface area (Å²) in [5, 5.41) is 3.41. The third-order valence-electron chi connectivity index (χ3n) is 2.51. The van der Waals surface area contributed by atoms with E-state index >= 15 is 0 Å². The van der Waals surface area contributed by atoms with Crippen LogP contribution in [-0.4, -0.2) is 19.2 Å². The summed E-state index contributed by atoms with van der Waals surface area (Å²) in [6.07, 6.45) is 2.47. The summed E-state index contributed by atoms with van der Waals surface area (Å²) in [5.41, 5.74) is 0. The molecule has 1 aliphatic heterocycles. The molecule has 1 aromatic carbocycles. The first-order valence-corrected chi connectivity index (χ1v) is 6.66. The molecule has 4 heteroatoms. The van der Waals surface area contributed by atoms with Gasteiger partial charge in [-0.2, -0.15) is 0 Å². The molecule has 1 saturated heterocycles. The van der Waals surface area contributed by atoms with Gasteiger partial charge < -0.3 is 10.1 Å². The van der Waals surface area contributed by atoms with Crippen LogP contribution in [0.4, 0.5) is 0 Å². The molecule has 0 unspecified atom stereocenters. The summed E-state index contributed by atoms with van der Waals surface area (Å²) in [6, 6.07) is 6.46. The van der Waals surface area contributed by atoms with Crippen LogP contribution in [0.1, 0.15) is 12.8 Å². The SMILES string of the molecule is Brc1cccc(Br)c1OC[C@@H]1CCCN1. The van der Waals surface area contributed by atoms with Crippen molar-refractivity contribution < 1.29 is 4.74 Å². The van der Waals surface area contributed by atoms with Crippen LogP contribution >= 0.6 is 31.9 Å². The fourth-order valence-electron chi connectivity index (χ4n) is 1.70. The van der Waals surface area contributed by atoms with Gasteiger partial charge in [-0.1, -0.05) is 6.07 Å². The van der Waals surface area contributed by atoms with Crippen molar-refractivity contribution in [2.24, 2.45) is 0 Å². The molecular formula is C11H13Br2NO. The van der Waals surface area contributed by atoms with Crippen LogP contribution < -0.4 is 10.1 Å². The number of nitrogens with one attached hydrogen (secondary N) is 1. The molecule has 15 heavy (non-hydrogen) atoms. The number of ether oxygens (including phenoxy) is 1. The molecule has 1 aliphatic rings. The molecule has 1 heterocycles. The topological polar surface area (TPSA) is 21.3 Å². The van der Waals surface area contributed by atoms with E-state index in [4.69, 9.17) is 4.74 Å². The number of para-hydroxylation sites is 1. The predicted molar refractivity (Wildman–Crippen MR) is 68.4 cm³/mol. The van der Waals surface area contributed by atoms with Gasteiger partial charge in [0.15, 0.2) is 0 Å². The summed E-state index contributed by atoms with van der Waals surface area (Å²) >= 11 is 6.96. The lowest BCUT2D eigenvalue weighted by atomic mass is 10.2. The van der Waals surface area contributed by atoms with Gasteiger partial charge in [0.2, 0.25) is 0 Å². The molecule has 0 aromatic heterocycles. The minimum absolute atomic E-state index is 0.504. The van der Waals surface area contributed by atoms with E-state index < -0.39 is 0 Å². The zero-order valence-electron chi connectivity index (χ0n) is 8.30. The molecule has 0 aliphatic carbocycles. The molecule has 1 atom stereocenters. The van der Waals surface area contributed by atoms with Gasteiger partial charge in [-0.15, -0.1) is 0 Å². The summed E-state index contributed by atoms with van der Waals surface area (Å²) in [7, 11) is 0. The Morgan fingerprint density at radius 3 is 2.67 bits per heavy atom. The first-order chi connectivity index (χ1) is 7.27. The molecule has 0 saturated carbocycles. The molecule has 82 valence electrons. The highest BCUT2D eigenvalue weighted by atomic mass is 79.9. The Kier molecular flexibility index (Phi) is 4.05. The Morgan fingerprint density at radius 2 is 2.07 bits per heavy atom. The summed E-state index contributed by atoms with van der Waals surface area (Å²) in [5.74, 6) is 0.895. The molecule has 0 radical (unpaired) electrons. The summed E-state index contributed by atoms with van der Waals surface area (Å²) < 4.78 is 7.79. The van der Waals surface area contributed by atoms with Crippen LogP contribution in [-0.2, 0) is 0 Å². The third kappa shape index (κ3) is 2.95. The molecule has 0 amide bonds. The zero-order chi connectivity index (χ0) is 10.7. The largest absolute Gasteiger partial charge is 0.490 e. The highest BCUT2D eigenvalue weighted by molar-refractivity contribution is 9.11. The van der Waals surface area contributed by atoms with E-state index in [0.29, 0.717) is 6.04 Å². The normalized spacial score (nSPS) is 20.5. The van der Waals surface area contributed by atoms with Crippen molar-refractivity contribution in [2.75, 3.05) is 13.2 Å². The van der Waals surface area contributed by atoms with Crippen LogP contribution in [0.3, 0.4) is 0 Å². The molecular weight excluding hydrogens is 322 g/mol. The van der Waals surface area contributed by atoms with Crippen molar-refractivity contribution in [2.45, 2.75) is 18.9 Å². The molecule has 2 nitrogen and oxygen atoms in total. The van der Waals surface area contributed by atoms with E-state index in [1.54, 1.807) is 0 Å². The Morgan fingerprint density at radius 1 is 1.33 bits per heavy atom. The van der Waals surface area contributed by atoms with E-state index in [-0.39, 0.29) is 0 Å². The lowest BCUT2D eigenvalue weighted by molar-refractivity contribution is 0.274. The monoisotopic (exact) mass is 333 g/mol. The second-order valence-electron chi connectivity index (χ2n) is 3.66. The van der Waals surface area contributed by atoms with Crippen LogP contribution in [0, 0.1) is 0 Å². The highest BCUT2D eigenvalue weighted by Crippen LogP contribution is 2.33. The van der Waals surface area contributed by atoms with Crippen LogP contribution in [0.25, 0.3) is 0 Å². The van der Waals surface area contributed by atoms with Gasteiger partial charge in [-0.3, -0.25) is 0 Å². The number of hydrogen-bond acceptors (Lipinski definition) is 2. The van der Waals surface area contributed by atoms with Gasteiger partial charge in [0.05, 0.1) is 8.95 Å². The van der Waals surface area contributed by atoms with E-state index in [1.165, 1.54) is 12.8 Å². The number of benzene rings is 1. The standard InChI is InChI=1S/C11H13Br2NO/c12-9-4-1-5-10(13)11(9)15-7-8-3-2-6-14-8/h1,4-5,8,14H,2-3,6-7H2/t8-/m0/s1. The Bertz CT molecular complexity index is 317. The van der Waals surface area contributed by atoms with Crippen molar-refractivity contribution in [3.05, 3.63) is 27.1 Å². The summed E-state index contributed by atoms with van der Waals surface area (Å²) in [6.45, 7) is 1.85. The second-order valence-corrected chi connectivity index (χ2v) is 5.36. The third-order valence-corrected chi connectivity index (χ3v) is 3.76. The first kappa shape index (κ1) is 11.4. The quantitative estimate of drug-likeness (QED) is 0.915. The highest BCUT2D eigenvalue weighted by Gasteiger charge is 2.15. The Hall–Kier alpha value is -0.0600. The number of hydrogen-bond donors (Lipinski definition) is 1. The Balaban J connectivity index is 1.97. The van der Waals surface area contributed by atoms with Crippen molar-refractivity contribution in [1.82, 2.24) is 5.32 Å². The number of rotatable bonds is 3. The van der Waals surface area contributed by atoms with E-state index in [1.807, 2.05) is 18.2 Å². The van der Waals surface area contributed by atoms with Gasteiger partial charge in [-0.05, 0) is 63.4 Å². The lowest BCUT2D eigenvalue weighted by Gasteiger charge is -2.14. The van der Waals surface area contributed by atoms with Crippen molar-refractivity contribution in [3.8, 4) is 5.75 Å². The molecule has 0 spiro atoms. The maximum atomic E-state index is 5.80. The average Bonchev–Trinajstić information content (AvgIpc) is 2.70. The molecule has 0 bridgehead atoms. The maximum Gasteiger partial charge on any atom is 0.147 e. The fraction of sp³-hybridized carbons (Fsp3) is 0.455. The smallest absolute Gasteiger partial charge is 0.147 e. The van der Waals surface area contributed by atoms with Crippen LogP contribution in [0.15, 0.2) is 27.1 Å². The maximum absolute atomic E-state index is 5.80.